The Balaban J connectivity index is 4.11. The molecule has 97 heavy (non-hydrogen) atoms. The van der Waals surface area contributed by atoms with Gasteiger partial charge in [0.2, 0.25) is 0 Å². The number of allylic oxidation sites excluding steroid dienone is 28. The Kier molecular flexibility index (Phi) is 72.2. The number of esters is 2. The molecular formula is C88H145NO8. The van der Waals surface area contributed by atoms with Gasteiger partial charge in [0.05, 0.1) is 40.3 Å². The first kappa shape index (κ1) is 91.6. The van der Waals surface area contributed by atoms with Crippen molar-refractivity contribution in [2.75, 3.05) is 47.5 Å². The van der Waals surface area contributed by atoms with Crippen molar-refractivity contribution in [1.29, 1.82) is 0 Å². The number of likely N-dealkylation sites (N-methyl/N-ethyl adjacent to an activating group) is 1. The minimum absolute atomic E-state index is 0.139. The fourth-order valence-corrected chi connectivity index (χ4v) is 10.6. The molecule has 0 saturated heterocycles. The summed E-state index contributed by atoms with van der Waals surface area (Å²) in [6.45, 7) is 4.52. The van der Waals surface area contributed by atoms with Crippen LogP contribution in [0.25, 0.3) is 0 Å². The highest BCUT2D eigenvalue weighted by atomic mass is 16.7. The van der Waals surface area contributed by atoms with Gasteiger partial charge in [-0.25, -0.2) is 0 Å². The molecule has 0 fully saturated rings. The van der Waals surface area contributed by atoms with E-state index in [1.54, 1.807) is 0 Å². The molecule has 0 aliphatic carbocycles. The number of carbonyl (C=O) groups is 3. The third kappa shape index (κ3) is 77.9. The van der Waals surface area contributed by atoms with Gasteiger partial charge >= 0.3 is 11.9 Å². The maximum atomic E-state index is 13.0. The number of aliphatic carboxylic acids is 1. The summed E-state index contributed by atoms with van der Waals surface area (Å²) in [6.07, 6.45) is 112. The number of nitrogens with zero attached hydrogens (tertiary/aromatic N) is 1. The number of ether oxygens (including phenoxy) is 4. The lowest BCUT2D eigenvalue weighted by atomic mass is 10.0. The summed E-state index contributed by atoms with van der Waals surface area (Å²) in [6, 6.07) is 0. The Labute approximate surface area is 597 Å². The van der Waals surface area contributed by atoms with Gasteiger partial charge in [0.15, 0.2) is 12.4 Å². The quantitative estimate of drug-likeness (QED) is 0.0195. The first-order chi connectivity index (χ1) is 47.6. The normalized spacial score (nSPS) is 13.6. The molecule has 0 aromatic carbocycles. The number of hydrogen-bond acceptors (Lipinski definition) is 8. The second kappa shape index (κ2) is 76.4. The van der Waals surface area contributed by atoms with E-state index in [0.29, 0.717) is 17.4 Å². The van der Waals surface area contributed by atoms with Gasteiger partial charge in [-0.3, -0.25) is 9.59 Å². The van der Waals surface area contributed by atoms with Crippen LogP contribution in [-0.2, 0) is 33.3 Å². The molecule has 0 rings (SSSR count). The van der Waals surface area contributed by atoms with Crippen molar-refractivity contribution < 1.29 is 42.9 Å². The number of carboxylic acids is 1. The molecule has 9 heteroatoms. The van der Waals surface area contributed by atoms with Crippen LogP contribution in [0.4, 0.5) is 0 Å². The van der Waals surface area contributed by atoms with Gasteiger partial charge in [0.25, 0.3) is 0 Å². The van der Waals surface area contributed by atoms with E-state index in [0.717, 1.165) is 135 Å². The molecule has 0 amide bonds. The Morgan fingerprint density at radius 2 is 0.557 bits per heavy atom. The second-order valence-corrected chi connectivity index (χ2v) is 26.9. The molecule has 0 aromatic rings. The van der Waals surface area contributed by atoms with Gasteiger partial charge in [-0.2, -0.15) is 0 Å². The van der Waals surface area contributed by atoms with Crippen LogP contribution in [0.5, 0.6) is 0 Å². The molecule has 0 heterocycles. The van der Waals surface area contributed by atoms with Gasteiger partial charge in [-0.05, 0) is 128 Å². The van der Waals surface area contributed by atoms with Crippen molar-refractivity contribution in [1.82, 2.24) is 0 Å². The topological polar surface area (TPSA) is 111 Å². The zero-order valence-electron chi connectivity index (χ0n) is 62.9. The minimum Gasteiger partial charge on any atom is -0.545 e. The molecule has 0 spiro atoms. The monoisotopic (exact) mass is 1340 g/mol. The second-order valence-electron chi connectivity index (χ2n) is 26.9. The van der Waals surface area contributed by atoms with E-state index in [1.807, 2.05) is 21.1 Å². The molecule has 0 aromatic heterocycles. The van der Waals surface area contributed by atoms with Crippen LogP contribution in [0.3, 0.4) is 0 Å². The van der Waals surface area contributed by atoms with E-state index < -0.39 is 24.3 Å². The summed E-state index contributed by atoms with van der Waals surface area (Å²) < 4.78 is 22.8. The molecule has 2 unspecified atom stereocenters. The molecular weight excluding hydrogens is 1200 g/mol. The van der Waals surface area contributed by atoms with Crippen LogP contribution in [0.15, 0.2) is 170 Å². The van der Waals surface area contributed by atoms with E-state index >= 15 is 0 Å². The van der Waals surface area contributed by atoms with Crippen LogP contribution in [0, 0.1) is 0 Å². The molecule has 2 atom stereocenters. The maximum Gasteiger partial charge on any atom is 0.306 e. The fourth-order valence-electron chi connectivity index (χ4n) is 10.6. The largest absolute Gasteiger partial charge is 0.545 e. The van der Waals surface area contributed by atoms with Gasteiger partial charge in [0.1, 0.15) is 13.2 Å². The highest BCUT2D eigenvalue weighted by molar-refractivity contribution is 5.70. The number of rotatable bonds is 71. The maximum absolute atomic E-state index is 13.0. The zero-order chi connectivity index (χ0) is 70.4. The predicted molar refractivity (Wildman–Crippen MR) is 416 cm³/mol. The first-order valence-electron chi connectivity index (χ1n) is 39.3. The standard InChI is InChI=1S/C88H145NO8/c1-6-8-10-12-14-16-18-20-22-24-26-28-30-32-34-36-38-40-41-42-43-44-45-47-49-51-53-55-57-59-61-63-65-67-69-71-73-75-77-79-86(91)97-84(83-96-88(87(92)93)94-81-80-89(3,4)5)82-95-85(90)78-76-74-72-70-68-66-64-62-60-58-56-54-52-50-48-46-39-37-35-33-31-29-27-25-23-21-19-17-15-13-11-9-7-2/h8-11,14-17,20-23,26-29,32,34,38,40,42-43,45,47,51,53,57,59,84,88H,6-7,12-13,18-19,24-25,30-31,33,35-37,39,41,44,46,48-50,52,54-56,58,60-83H2,1-5H3/b10-8-,11-9-,16-14-,17-15-,22-20-,23-21-,28-26-,29-27-,34-32-,40-38-,43-42-,47-45-,53-51-,59-57-. The number of unbranched alkanes of at least 4 members (excludes halogenated alkanes) is 28. The summed E-state index contributed by atoms with van der Waals surface area (Å²) in [5.41, 5.74) is 0. The van der Waals surface area contributed by atoms with Crippen LogP contribution < -0.4 is 5.11 Å². The third-order valence-electron chi connectivity index (χ3n) is 16.5. The summed E-state index contributed by atoms with van der Waals surface area (Å²) in [4.78, 5) is 37.6. The van der Waals surface area contributed by atoms with Crippen molar-refractivity contribution in [2.45, 2.75) is 322 Å². The van der Waals surface area contributed by atoms with Crippen molar-refractivity contribution >= 4 is 17.9 Å². The van der Waals surface area contributed by atoms with E-state index in [-0.39, 0.29) is 38.6 Å². The molecule has 0 bridgehead atoms. The summed E-state index contributed by atoms with van der Waals surface area (Å²) in [7, 11) is 5.93. The Hall–Kier alpha value is -5.35. The Morgan fingerprint density at radius 1 is 0.309 bits per heavy atom. The third-order valence-corrected chi connectivity index (χ3v) is 16.5. The number of quaternary nitrogens is 1. The fraction of sp³-hybridized carbons (Fsp3) is 0.648. The predicted octanol–water partition coefficient (Wildman–Crippen LogP) is 24.0. The Bertz CT molecular complexity index is 2210. The molecule has 550 valence electrons. The van der Waals surface area contributed by atoms with Crippen LogP contribution in [0.1, 0.15) is 309 Å². The summed E-state index contributed by atoms with van der Waals surface area (Å²) in [5, 5.41) is 11.9. The molecule has 0 radical (unpaired) electrons. The van der Waals surface area contributed by atoms with Crippen molar-refractivity contribution in [2.24, 2.45) is 0 Å². The van der Waals surface area contributed by atoms with E-state index in [2.05, 4.69) is 184 Å². The lowest BCUT2D eigenvalue weighted by molar-refractivity contribution is -0.870. The number of carbonyl (C=O) groups excluding carboxylic acids is 3. The summed E-state index contributed by atoms with van der Waals surface area (Å²) >= 11 is 0. The Morgan fingerprint density at radius 3 is 0.825 bits per heavy atom. The van der Waals surface area contributed by atoms with E-state index in [4.69, 9.17) is 18.9 Å². The van der Waals surface area contributed by atoms with E-state index in [9.17, 15) is 19.5 Å². The van der Waals surface area contributed by atoms with Crippen molar-refractivity contribution in [3.05, 3.63) is 170 Å². The van der Waals surface area contributed by atoms with Gasteiger partial charge < -0.3 is 33.3 Å². The number of hydrogen-bond donors (Lipinski definition) is 0. The highest BCUT2D eigenvalue weighted by Crippen LogP contribution is 2.17. The van der Waals surface area contributed by atoms with Gasteiger partial charge in [0, 0.05) is 12.8 Å². The molecule has 0 saturated carbocycles. The molecule has 0 N–H and O–H groups in total. The molecule has 0 aliphatic rings. The van der Waals surface area contributed by atoms with Crippen LogP contribution in [-0.4, -0.2) is 82.3 Å². The SMILES string of the molecule is CC/C=C\C/C=C\C/C=C\C/C=C\C/C=C\C/C=C\C/C=C\C/C=C\C/C=C\C/C=C\CCCCCCCCCCC(=O)OC(COC(=O)CCCCCCCCCCCCCCCCCCCCCC/C=C\C/C=C\C/C=C\C/C=C\CC)COC(OCC[N+](C)(C)C)C(=O)[O-]. The van der Waals surface area contributed by atoms with Crippen LogP contribution >= 0.6 is 0 Å². The van der Waals surface area contributed by atoms with E-state index in [1.165, 1.54) is 141 Å². The lowest BCUT2D eigenvalue weighted by Crippen LogP contribution is -2.44. The zero-order valence-corrected chi connectivity index (χ0v) is 62.9. The van der Waals surface area contributed by atoms with Gasteiger partial charge in [-0.1, -0.05) is 338 Å². The lowest BCUT2D eigenvalue weighted by Gasteiger charge is -2.26. The van der Waals surface area contributed by atoms with Gasteiger partial charge in [-0.15, -0.1) is 0 Å². The average molecular weight is 1350 g/mol. The smallest absolute Gasteiger partial charge is 0.306 e. The average Bonchev–Trinajstić information content (AvgIpc) is 2.39. The first-order valence-corrected chi connectivity index (χ1v) is 39.3. The van der Waals surface area contributed by atoms with Crippen molar-refractivity contribution in [3.8, 4) is 0 Å². The molecule has 9 nitrogen and oxygen atoms in total. The van der Waals surface area contributed by atoms with Crippen LogP contribution in [0.2, 0.25) is 0 Å². The molecule has 0 aliphatic heterocycles. The minimum atomic E-state index is -1.63. The number of carboxylic acid groups (broad SMARTS) is 1. The highest BCUT2D eigenvalue weighted by Gasteiger charge is 2.22. The van der Waals surface area contributed by atoms with Crippen molar-refractivity contribution in [3.63, 3.8) is 0 Å². The summed E-state index contributed by atoms with van der Waals surface area (Å²) in [5.74, 6) is -2.30.